The molecule has 142 valence electrons. The Morgan fingerprint density at radius 3 is 2.35 bits per heavy atom. The molecular formula is C16H20N2O7S. The van der Waals surface area contributed by atoms with Crippen LogP contribution < -0.4 is 0 Å². The number of ether oxygens (including phenoxy) is 2. The Morgan fingerprint density at radius 1 is 1.19 bits per heavy atom. The van der Waals surface area contributed by atoms with Gasteiger partial charge in [-0.15, -0.1) is 0 Å². The average molecular weight is 384 g/mol. The van der Waals surface area contributed by atoms with Crippen LogP contribution in [-0.2, 0) is 19.3 Å². The molecule has 3 rings (SSSR count). The van der Waals surface area contributed by atoms with E-state index in [1.165, 1.54) is 6.07 Å². The molecule has 2 heterocycles. The quantitative estimate of drug-likeness (QED) is 0.566. The number of amides is 1. The average Bonchev–Trinajstić information content (AvgIpc) is 3.14. The molecule has 0 aromatic heterocycles. The van der Waals surface area contributed by atoms with E-state index in [0.717, 1.165) is 18.4 Å². The Labute approximate surface area is 150 Å². The summed E-state index contributed by atoms with van der Waals surface area (Å²) in [5, 5.41) is 11.1. The van der Waals surface area contributed by atoms with Gasteiger partial charge in [0.1, 0.15) is 0 Å². The number of carbonyl (C=O) groups is 1. The van der Waals surface area contributed by atoms with E-state index in [4.69, 9.17) is 9.47 Å². The van der Waals surface area contributed by atoms with Crippen molar-refractivity contribution in [1.29, 1.82) is 0 Å². The standard InChI is InChI=1S/C16H20N2O7S/c1-26(22,23)14-9-12(8-13(10-14)18(20)21)15(19)17-4-2-11(3-5-17)16-24-6-7-25-16/h8-11,16H,2-7H2,1H3. The summed E-state index contributed by atoms with van der Waals surface area (Å²) in [5.74, 6) is -0.205. The Balaban J connectivity index is 1.77. The minimum absolute atomic E-state index is 0.00596. The summed E-state index contributed by atoms with van der Waals surface area (Å²) >= 11 is 0. The van der Waals surface area contributed by atoms with Crippen molar-refractivity contribution in [3.63, 3.8) is 0 Å². The molecule has 9 nitrogen and oxygen atoms in total. The largest absolute Gasteiger partial charge is 0.350 e. The van der Waals surface area contributed by atoms with Gasteiger partial charge in [-0.25, -0.2) is 8.42 Å². The molecule has 0 N–H and O–H groups in total. The van der Waals surface area contributed by atoms with Crippen molar-refractivity contribution in [2.75, 3.05) is 32.6 Å². The van der Waals surface area contributed by atoms with Gasteiger partial charge in [0.25, 0.3) is 11.6 Å². The number of sulfone groups is 1. The first-order chi connectivity index (χ1) is 12.3. The van der Waals surface area contributed by atoms with Gasteiger partial charge in [0, 0.05) is 43.0 Å². The number of hydrogen-bond donors (Lipinski definition) is 0. The third-order valence-electron chi connectivity index (χ3n) is 4.64. The van der Waals surface area contributed by atoms with E-state index >= 15 is 0 Å². The lowest BCUT2D eigenvalue weighted by Crippen LogP contribution is -2.41. The van der Waals surface area contributed by atoms with E-state index in [9.17, 15) is 23.3 Å². The Morgan fingerprint density at radius 2 is 1.81 bits per heavy atom. The van der Waals surface area contributed by atoms with Crippen molar-refractivity contribution in [2.24, 2.45) is 5.92 Å². The van der Waals surface area contributed by atoms with Gasteiger partial charge in [0.05, 0.1) is 23.0 Å². The predicted octanol–water partition coefficient (Wildman–Crippen LogP) is 1.22. The summed E-state index contributed by atoms with van der Waals surface area (Å²) in [6.45, 7) is 2.07. The lowest BCUT2D eigenvalue weighted by molar-refractivity contribution is -0.385. The summed E-state index contributed by atoms with van der Waals surface area (Å²) in [4.78, 5) is 24.4. The van der Waals surface area contributed by atoms with Gasteiger partial charge in [0.2, 0.25) is 0 Å². The second-order valence-electron chi connectivity index (χ2n) is 6.48. The topological polar surface area (TPSA) is 116 Å². The molecule has 0 aliphatic carbocycles. The smallest absolute Gasteiger partial charge is 0.271 e. The number of likely N-dealkylation sites (tertiary alicyclic amines) is 1. The first kappa shape index (κ1) is 18.7. The molecule has 26 heavy (non-hydrogen) atoms. The van der Waals surface area contributed by atoms with E-state index < -0.39 is 26.4 Å². The highest BCUT2D eigenvalue weighted by Gasteiger charge is 2.32. The molecule has 0 unspecified atom stereocenters. The minimum Gasteiger partial charge on any atom is -0.350 e. The van der Waals surface area contributed by atoms with Gasteiger partial charge in [-0.1, -0.05) is 0 Å². The fourth-order valence-corrected chi connectivity index (χ4v) is 3.91. The number of benzene rings is 1. The van der Waals surface area contributed by atoms with Crippen LogP contribution in [0.5, 0.6) is 0 Å². The minimum atomic E-state index is -3.67. The summed E-state index contributed by atoms with van der Waals surface area (Å²) in [6.07, 6.45) is 2.11. The number of rotatable bonds is 4. The molecule has 0 bridgehead atoms. The summed E-state index contributed by atoms with van der Waals surface area (Å²) in [5.41, 5.74) is -0.412. The lowest BCUT2D eigenvalue weighted by Gasteiger charge is -2.33. The highest BCUT2D eigenvalue weighted by molar-refractivity contribution is 7.90. The van der Waals surface area contributed by atoms with Crippen LogP contribution in [0.1, 0.15) is 23.2 Å². The molecule has 2 aliphatic rings. The SMILES string of the molecule is CS(=O)(=O)c1cc(C(=O)N2CCC(C3OCCO3)CC2)cc([N+](=O)[O-])c1. The van der Waals surface area contributed by atoms with Crippen molar-refractivity contribution >= 4 is 21.4 Å². The number of hydrogen-bond acceptors (Lipinski definition) is 7. The van der Waals surface area contributed by atoms with Crippen LogP contribution in [-0.4, -0.2) is 63.0 Å². The molecule has 0 saturated carbocycles. The second-order valence-corrected chi connectivity index (χ2v) is 8.50. The third-order valence-corrected chi connectivity index (χ3v) is 5.73. The maximum absolute atomic E-state index is 12.7. The van der Waals surface area contributed by atoms with Crippen LogP contribution in [0, 0.1) is 16.0 Å². The number of carbonyl (C=O) groups excluding carboxylic acids is 1. The molecule has 1 aromatic rings. The zero-order chi connectivity index (χ0) is 18.9. The molecule has 2 saturated heterocycles. The molecule has 0 radical (unpaired) electrons. The number of non-ortho nitro benzene ring substituents is 1. The highest BCUT2D eigenvalue weighted by atomic mass is 32.2. The lowest BCUT2D eigenvalue weighted by atomic mass is 9.95. The molecule has 10 heteroatoms. The maximum Gasteiger partial charge on any atom is 0.271 e. The van der Waals surface area contributed by atoms with E-state index in [0.29, 0.717) is 39.1 Å². The van der Waals surface area contributed by atoms with E-state index in [1.807, 2.05) is 0 Å². The fourth-order valence-electron chi connectivity index (χ4n) is 3.23. The number of nitro groups is 1. The summed E-state index contributed by atoms with van der Waals surface area (Å²) < 4.78 is 34.5. The Kier molecular flexibility index (Phi) is 5.26. The molecule has 0 spiro atoms. The highest BCUT2D eigenvalue weighted by Crippen LogP contribution is 2.28. The number of nitro benzene ring substituents is 1. The predicted molar refractivity (Wildman–Crippen MR) is 90.5 cm³/mol. The Hall–Kier alpha value is -2.04. The zero-order valence-corrected chi connectivity index (χ0v) is 15.1. The van der Waals surface area contributed by atoms with Crippen LogP contribution in [0.15, 0.2) is 23.1 Å². The van der Waals surface area contributed by atoms with Crippen molar-refractivity contribution in [3.05, 3.63) is 33.9 Å². The van der Waals surface area contributed by atoms with Crippen LogP contribution in [0.4, 0.5) is 5.69 Å². The van der Waals surface area contributed by atoms with Crippen LogP contribution in [0.3, 0.4) is 0 Å². The zero-order valence-electron chi connectivity index (χ0n) is 14.3. The molecule has 1 amide bonds. The molecule has 1 aromatic carbocycles. The van der Waals surface area contributed by atoms with Gasteiger partial charge in [-0.05, 0) is 18.9 Å². The molecule has 2 aliphatic heterocycles. The van der Waals surface area contributed by atoms with E-state index in [-0.39, 0.29) is 22.7 Å². The Bertz CT molecular complexity index is 810. The van der Waals surface area contributed by atoms with Crippen molar-refractivity contribution in [3.8, 4) is 0 Å². The van der Waals surface area contributed by atoms with Gasteiger partial charge in [-0.2, -0.15) is 0 Å². The van der Waals surface area contributed by atoms with Gasteiger partial charge in [0.15, 0.2) is 16.1 Å². The number of piperidine rings is 1. The first-order valence-electron chi connectivity index (χ1n) is 8.28. The first-order valence-corrected chi connectivity index (χ1v) is 10.2. The van der Waals surface area contributed by atoms with Gasteiger partial charge < -0.3 is 14.4 Å². The van der Waals surface area contributed by atoms with Crippen molar-refractivity contribution in [2.45, 2.75) is 24.0 Å². The van der Waals surface area contributed by atoms with Gasteiger partial charge >= 0.3 is 0 Å². The van der Waals surface area contributed by atoms with Crippen molar-refractivity contribution < 1.29 is 27.6 Å². The summed E-state index contributed by atoms with van der Waals surface area (Å²) in [7, 11) is -3.67. The molecule has 0 atom stereocenters. The molecule has 2 fully saturated rings. The van der Waals surface area contributed by atoms with Gasteiger partial charge in [-0.3, -0.25) is 14.9 Å². The summed E-state index contributed by atoms with van der Waals surface area (Å²) in [6, 6.07) is 3.28. The van der Waals surface area contributed by atoms with E-state index in [2.05, 4.69) is 0 Å². The fraction of sp³-hybridized carbons (Fsp3) is 0.562. The van der Waals surface area contributed by atoms with Crippen LogP contribution >= 0.6 is 0 Å². The molecular weight excluding hydrogens is 364 g/mol. The second kappa shape index (κ2) is 7.29. The van der Waals surface area contributed by atoms with Crippen LogP contribution in [0.25, 0.3) is 0 Å². The third kappa shape index (κ3) is 4.02. The number of nitrogens with zero attached hydrogens (tertiary/aromatic N) is 2. The van der Waals surface area contributed by atoms with Crippen LogP contribution in [0.2, 0.25) is 0 Å². The van der Waals surface area contributed by atoms with E-state index in [1.54, 1.807) is 4.90 Å². The van der Waals surface area contributed by atoms with Crippen molar-refractivity contribution in [1.82, 2.24) is 4.90 Å². The monoisotopic (exact) mass is 384 g/mol. The normalized spacial score (nSPS) is 19.7. The maximum atomic E-state index is 12.7.